The van der Waals surface area contributed by atoms with Gasteiger partial charge in [-0.15, -0.1) is 0 Å². The molecule has 2 aromatic carbocycles. The van der Waals surface area contributed by atoms with Crippen LogP contribution in [0.4, 0.5) is 0 Å². The molecule has 0 bridgehead atoms. The predicted octanol–water partition coefficient (Wildman–Crippen LogP) is 3.00. The Morgan fingerprint density at radius 2 is 1.95 bits per heavy atom. The van der Waals surface area contributed by atoms with Gasteiger partial charge in [0.25, 0.3) is 0 Å². The molecule has 0 saturated carbocycles. The third kappa shape index (κ3) is 4.93. The second kappa shape index (κ2) is 7.45. The van der Waals surface area contributed by atoms with Crippen molar-refractivity contribution in [1.82, 2.24) is 5.32 Å². The van der Waals surface area contributed by atoms with Crippen molar-refractivity contribution >= 4 is 5.97 Å². The number of aliphatic carboxylic acids is 1. The summed E-state index contributed by atoms with van der Waals surface area (Å²) >= 11 is 0. The smallest absolute Gasteiger partial charge is 0.341 e. The van der Waals surface area contributed by atoms with Crippen LogP contribution in [0.2, 0.25) is 0 Å². The van der Waals surface area contributed by atoms with Gasteiger partial charge in [0.2, 0.25) is 0 Å². The van der Waals surface area contributed by atoms with Crippen LogP contribution in [0.15, 0.2) is 54.6 Å². The van der Waals surface area contributed by atoms with Crippen LogP contribution in [-0.4, -0.2) is 17.7 Å². The van der Waals surface area contributed by atoms with E-state index < -0.39 is 5.97 Å². The minimum Gasteiger partial charge on any atom is -0.482 e. The van der Waals surface area contributed by atoms with Gasteiger partial charge in [-0.3, -0.25) is 0 Å². The summed E-state index contributed by atoms with van der Waals surface area (Å²) in [7, 11) is 0. The minimum atomic E-state index is -0.976. The van der Waals surface area contributed by atoms with E-state index in [4.69, 9.17) is 9.84 Å². The van der Waals surface area contributed by atoms with Gasteiger partial charge in [0.05, 0.1) is 0 Å². The van der Waals surface area contributed by atoms with E-state index in [0.717, 1.165) is 5.56 Å². The zero-order valence-electron chi connectivity index (χ0n) is 12.0. The molecule has 0 aliphatic carbocycles. The van der Waals surface area contributed by atoms with Crippen molar-refractivity contribution in [3.05, 3.63) is 65.7 Å². The first-order valence-corrected chi connectivity index (χ1v) is 6.87. The van der Waals surface area contributed by atoms with Crippen molar-refractivity contribution in [3.8, 4) is 5.75 Å². The summed E-state index contributed by atoms with van der Waals surface area (Å²) in [6, 6.07) is 17.9. The lowest BCUT2D eigenvalue weighted by Crippen LogP contribution is -2.18. The number of hydrogen-bond acceptors (Lipinski definition) is 3. The molecule has 0 fully saturated rings. The second-order valence-corrected chi connectivity index (χ2v) is 4.84. The minimum absolute atomic E-state index is 0.245. The van der Waals surface area contributed by atoms with E-state index in [1.165, 1.54) is 5.56 Å². The lowest BCUT2D eigenvalue weighted by molar-refractivity contribution is -0.139. The van der Waals surface area contributed by atoms with Gasteiger partial charge in [-0.05, 0) is 30.2 Å². The van der Waals surface area contributed by atoms with Gasteiger partial charge in [-0.25, -0.2) is 4.79 Å². The molecule has 21 heavy (non-hydrogen) atoms. The molecule has 0 amide bonds. The number of carboxylic acids is 1. The average Bonchev–Trinajstić information content (AvgIpc) is 2.52. The second-order valence-electron chi connectivity index (χ2n) is 4.84. The van der Waals surface area contributed by atoms with E-state index in [2.05, 4.69) is 24.4 Å². The van der Waals surface area contributed by atoms with Gasteiger partial charge >= 0.3 is 5.97 Å². The van der Waals surface area contributed by atoms with Crippen LogP contribution in [0.1, 0.15) is 24.1 Å². The van der Waals surface area contributed by atoms with E-state index in [1.54, 1.807) is 6.07 Å². The summed E-state index contributed by atoms with van der Waals surface area (Å²) in [6.07, 6.45) is 0. The Bertz CT molecular complexity index is 584. The average molecular weight is 285 g/mol. The van der Waals surface area contributed by atoms with E-state index in [0.29, 0.717) is 12.3 Å². The van der Waals surface area contributed by atoms with Crippen molar-refractivity contribution in [2.75, 3.05) is 6.61 Å². The molecule has 0 aliphatic heterocycles. The van der Waals surface area contributed by atoms with Gasteiger partial charge in [0.1, 0.15) is 5.75 Å². The Kier molecular flexibility index (Phi) is 5.35. The summed E-state index contributed by atoms with van der Waals surface area (Å²) < 4.78 is 5.17. The number of rotatable bonds is 7. The third-order valence-electron chi connectivity index (χ3n) is 3.17. The molecule has 2 N–H and O–H groups in total. The highest BCUT2D eigenvalue weighted by Gasteiger charge is 2.05. The molecule has 2 rings (SSSR count). The zero-order valence-corrected chi connectivity index (χ0v) is 12.0. The van der Waals surface area contributed by atoms with Crippen LogP contribution >= 0.6 is 0 Å². The third-order valence-corrected chi connectivity index (χ3v) is 3.17. The van der Waals surface area contributed by atoms with Crippen LogP contribution < -0.4 is 10.1 Å². The number of carboxylic acid groups (broad SMARTS) is 1. The van der Waals surface area contributed by atoms with Gasteiger partial charge in [0, 0.05) is 12.6 Å². The Morgan fingerprint density at radius 1 is 1.19 bits per heavy atom. The maximum Gasteiger partial charge on any atom is 0.341 e. The molecule has 0 aliphatic rings. The molecule has 4 nitrogen and oxygen atoms in total. The van der Waals surface area contributed by atoms with Crippen molar-refractivity contribution in [1.29, 1.82) is 0 Å². The fourth-order valence-corrected chi connectivity index (χ4v) is 2.02. The molecule has 110 valence electrons. The zero-order chi connectivity index (χ0) is 15.1. The van der Waals surface area contributed by atoms with Crippen LogP contribution in [0.25, 0.3) is 0 Å². The van der Waals surface area contributed by atoms with Crippen LogP contribution in [-0.2, 0) is 11.3 Å². The lowest BCUT2D eigenvalue weighted by atomic mass is 10.1. The van der Waals surface area contributed by atoms with Gasteiger partial charge in [0.15, 0.2) is 6.61 Å². The normalized spacial score (nSPS) is 11.9. The standard InChI is InChI=1S/C17H19NO3/c1-13(15-7-3-2-4-8-15)18-11-14-6-5-9-16(10-14)21-12-17(19)20/h2-10,13,18H,11-12H2,1H3,(H,19,20)/t13-/m1/s1. The first-order valence-electron chi connectivity index (χ1n) is 6.87. The molecular formula is C17H19NO3. The molecule has 0 saturated heterocycles. The highest BCUT2D eigenvalue weighted by atomic mass is 16.5. The number of ether oxygens (including phenoxy) is 1. The molecule has 1 atom stereocenters. The van der Waals surface area contributed by atoms with E-state index in [9.17, 15) is 4.79 Å². The summed E-state index contributed by atoms with van der Waals surface area (Å²) in [5, 5.41) is 12.0. The largest absolute Gasteiger partial charge is 0.482 e. The van der Waals surface area contributed by atoms with Gasteiger partial charge < -0.3 is 15.2 Å². The topological polar surface area (TPSA) is 58.6 Å². The van der Waals surface area contributed by atoms with Crippen molar-refractivity contribution in [2.24, 2.45) is 0 Å². The first-order chi connectivity index (χ1) is 10.1. The highest BCUT2D eigenvalue weighted by Crippen LogP contribution is 2.16. The van der Waals surface area contributed by atoms with Gasteiger partial charge in [-0.1, -0.05) is 42.5 Å². The van der Waals surface area contributed by atoms with Crippen molar-refractivity contribution in [3.63, 3.8) is 0 Å². The Balaban J connectivity index is 1.91. The molecule has 0 spiro atoms. The maximum absolute atomic E-state index is 10.5. The van der Waals surface area contributed by atoms with Crippen LogP contribution in [0.5, 0.6) is 5.75 Å². The van der Waals surface area contributed by atoms with Gasteiger partial charge in [-0.2, -0.15) is 0 Å². The summed E-state index contributed by atoms with van der Waals surface area (Å²) in [5.74, 6) is -0.403. The molecule has 4 heteroatoms. The molecular weight excluding hydrogens is 266 g/mol. The van der Waals surface area contributed by atoms with Crippen molar-refractivity contribution < 1.29 is 14.6 Å². The predicted molar refractivity (Wildman–Crippen MR) is 81.3 cm³/mol. The van der Waals surface area contributed by atoms with Crippen LogP contribution in [0.3, 0.4) is 0 Å². The van der Waals surface area contributed by atoms with E-state index in [-0.39, 0.29) is 12.6 Å². The summed E-state index contributed by atoms with van der Waals surface area (Å²) in [4.78, 5) is 10.5. The van der Waals surface area contributed by atoms with E-state index >= 15 is 0 Å². The quantitative estimate of drug-likeness (QED) is 0.821. The molecule has 0 unspecified atom stereocenters. The summed E-state index contributed by atoms with van der Waals surface area (Å²) in [5.41, 5.74) is 2.29. The lowest BCUT2D eigenvalue weighted by Gasteiger charge is -2.14. The number of benzene rings is 2. The molecule has 0 heterocycles. The Hall–Kier alpha value is -2.33. The van der Waals surface area contributed by atoms with Crippen molar-refractivity contribution in [2.45, 2.75) is 19.5 Å². The SMILES string of the molecule is C[C@@H](NCc1cccc(OCC(=O)O)c1)c1ccccc1. The monoisotopic (exact) mass is 285 g/mol. The summed E-state index contributed by atoms with van der Waals surface area (Å²) in [6.45, 7) is 2.48. The van der Waals surface area contributed by atoms with E-state index in [1.807, 2.05) is 36.4 Å². The maximum atomic E-state index is 10.5. The van der Waals surface area contributed by atoms with Crippen LogP contribution in [0, 0.1) is 0 Å². The number of carbonyl (C=O) groups is 1. The highest BCUT2D eigenvalue weighted by molar-refractivity contribution is 5.68. The number of hydrogen-bond donors (Lipinski definition) is 2. The fourth-order valence-electron chi connectivity index (χ4n) is 2.02. The fraction of sp³-hybridized carbons (Fsp3) is 0.235. The Labute approximate surface area is 124 Å². The molecule has 2 aromatic rings. The first kappa shape index (κ1) is 15.1. The molecule has 0 aromatic heterocycles. The molecule has 0 radical (unpaired) electrons. The number of nitrogens with one attached hydrogen (secondary N) is 1. The Morgan fingerprint density at radius 3 is 2.67 bits per heavy atom.